The zero-order chi connectivity index (χ0) is 50.3. The van der Waals surface area contributed by atoms with Crippen molar-refractivity contribution in [2.75, 3.05) is 0 Å². The minimum absolute atomic E-state index is 1.15. The number of fused-ring (bicyclic) bond motifs is 15. The maximum absolute atomic E-state index is 3.09. The topological polar surface area (TPSA) is 19.7 Å². The quantitative estimate of drug-likeness (QED) is 0.148. The van der Waals surface area contributed by atoms with E-state index >= 15 is 0 Å². The van der Waals surface area contributed by atoms with E-state index in [1.54, 1.807) is 0 Å². The molecule has 0 saturated heterocycles. The van der Waals surface area contributed by atoms with Gasteiger partial charge in [0.1, 0.15) is 0 Å². The predicted molar refractivity (Wildman–Crippen MR) is 326 cm³/mol. The van der Waals surface area contributed by atoms with Gasteiger partial charge in [0.2, 0.25) is 0 Å². The first-order valence-electron chi connectivity index (χ1n) is 26.7. The van der Waals surface area contributed by atoms with Crippen LogP contribution >= 0.6 is 0 Å². The summed E-state index contributed by atoms with van der Waals surface area (Å²) in [6, 6.07) is 105. The maximum Gasteiger partial charge on any atom is 0.181 e. The Kier molecular flexibility index (Phi) is 8.83. The molecule has 1 aliphatic rings. The predicted octanol–water partition coefficient (Wildman–Crippen LogP) is 15.4. The largest absolute Gasteiger partial charge is 0.309 e. The monoisotopic (exact) mass is 994 g/mol. The summed E-state index contributed by atoms with van der Waals surface area (Å²) in [4.78, 5) is 0. The molecule has 0 saturated carbocycles. The Labute approximate surface area is 444 Å². The zero-order valence-corrected chi connectivity index (χ0v) is 42.8. The summed E-state index contributed by atoms with van der Waals surface area (Å²) in [6.07, 6.45) is 0. The van der Waals surface area contributed by atoms with Gasteiger partial charge in [0, 0.05) is 65.8 Å². The van der Waals surface area contributed by atoms with Crippen molar-refractivity contribution < 1.29 is 0 Å². The van der Waals surface area contributed by atoms with E-state index in [9.17, 15) is 0 Å². The van der Waals surface area contributed by atoms with Crippen molar-refractivity contribution in [3.8, 4) is 33.9 Å². The van der Waals surface area contributed by atoms with Crippen molar-refractivity contribution in [2.24, 2.45) is 0 Å². The molecule has 12 aromatic carbocycles. The molecule has 4 nitrogen and oxygen atoms in total. The van der Waals surface area contributed by atoms with Gasteiger partial charge < -0.3 is 18.3 Å². The molecule has 0 atom stereocenters. The van der Waals surface area contributed by atoms with Crippen molar-refractivity contribution in [3.63, 3.8) is 0 Å². The van der Waals surface area contributed by atoms with E-state index in [1.165, 1.54) is 119 Å². The molecular formula is C72H46N4Si. The normalized spacial score (nSPS) is 13.0. The van der Waals surface area contributed by atoms with Gasteiger partial charge in [0.25, 0.3) is 0 Å². The van der Waals surface area contributed by atoms with Gasteiger partial charge in [-0.15, -0.1) is 0 Å². The van der Waals surface area contributed by atoms with Crippen LogP contribution in [0.4, 0.5) is 0 Å². The van der Waals surface area contributed by atoms with Gasteiger partial charge in [0.05, 0.1) is 44.1 Å². The second-order valence-corrected chi connectivity index (χ2v) is 24.5. The number of hydrogen-bond donors (Lipinski definition) is 0. The highest BCUT2D eigenvalue weighted by molar-refractivity contribution is 7.22. The summed E-state index contributed by atoms with van der Waals surface area (Å²) in [5.74, 6) is 0. The van der Waals surface area contributed by atoms with Crippen LogP contribution in [0.15, 0.2) is 279 Å². The van der Waals surface area contributed by atoms with Gasteiger partial charge in [-0.1, -0.05) is 182 Å². The zero-order valence-electron chi connectivity index (χ0n) is 41.8. The van der Waals surface area contributed by atoms with Crippen LogP contribution in [-0.4, -0.2) is 26.3 Å². The molecule has 4 aromatic heterocycles. The standard InChI is InChI=1S/C72H46N4Si/c1-5-21-47(22-6-1)73-63-33-17-13-29-53(63)59-43-69-61(45-67(59)73)55-39-37-51(41-65(55)75(69)49-25-9-3-10-26-49)77(71-35-19-15-31-57(71)58-32-16-20-36-72(58)77)52-38-40-56-62-46-68-60(44-70(62)76(66(56)42-52)50-27-11-4-12-28-50)54-30-14-18-34-64(54)74(68)48-23-7-2-8-24-48/h1-46H. The van der Waals surface area contributed by atoms with Crippen molar-refractivity contribution in [1.82, 2.24) is 18.3 Å². The van der Waals surface area contributed by atoms with Gasteiger partial charge in [-0.2, -0.15) is 0 Å². The van der Waals surface area contributed by atoms with Crippen LogP contribution in [0.2, 0.25) is 0 Å². The molecule has 0 radical (unpaired) electrons. The second-order valence-electron chi connectivity index (χ2n) is 20.8. The van der Waals surface area contributed by atoms with Crippen LogP contribution in [0.3, 0.4) is 0 Å². The number of aromatic nitrogens is 4. The van der Waals surface area contributed by atoms with Gasteiger partial charge in [-0.3, -0.25) is 0 Å². The Hall–Kier alpha value is -9.94. The highest BCUT2D eigenvalue weighted by Gasteiger charge is 2.49. The lowest BCUT2D eigenvalue weighted by atomic mass is 10.1. The molecule has 5 heteroatoms. The summed E-state index contributed by atoms with van der Waals surface area (Å²) < 4.78 is 9.94. The summed E-state index contributed by atoms with van der Waals surface area (Å²) in [5, 5.41) is 15.5. The van der Waals surface area contributed by atoms with Crippen LogP contribution in [0.5, 0.6) is 0 Å². The Bertz CT molecular complexity index is 4760. The van der Waals surface area contributed by atoms with E-state index in [-0.39, 0.29) is 0 Å². The van der Waals surface area contributed by atoms with E-state index in [4.69, 9.17) is 0 Å². The molecule has 77 heavy (non-hydrogen) atoms. The van der Waals surface area contributed by atoms with Gasteiger partial charge in [-0.05, 0) is 129 Å². The van der Waals surface area contributed by atoms with Crippen LogP contribution in [0.25, 0.3) is 121 Å². The molecule has 1 aliphatic heterocycles. The van der Waals surface area contributed by atoms with Gasteiger partial charge in [-0.25, -0.2) is 0 Å². The Morgan fingerprint density at radius 2 is 0.468 bits per heavy atom. The first-order chi connectivity index (χ1) is 38.2. The summed E-state index contributed by atoms with van der Waals surface area (Å²) in [7, 11) is -3.09. The highest BCUT2D eigenvalue weighted by atomic mass is 28.3. The lowest BCUT2D eigenvalue weighted by Crippen LogP contribution is -2.72. The molecule has 5 heterocycles. The van der Waals surface area contributed by atoms with Gasteiger partial charge in [0.15, 0.2) is 8.07 Å². The van der Waals surface area contributed by atoms with Crippen LogP contribution in [-0.2, 0) is 0 Å². The SMILES string of the molecule is c1ccc(-n2c3ccccc3c3cc4c(cc32)c2ccc([Si]3(c5ccc6c7cc8c(cc7n(-c7ccccc7)c6c5)c5ccccc5n8-c5ccccc5)c5ccccc5-c5ccccc53)cc2n4-c2ccccc2)cc1. The summed E-state index contributed by atoms with van der Waals surface area (Å²) in [5.41, 5.74) is 16.9. The van der Waals surface area contributed by atoms with E-state index in [0.29, 0.717) is 0 Å². The second kappa shape index (κ2) is 16.0. The van der Waals surface area contributed by atoms with Crippen molar-refractivity contribution >= 4 is 116 Å². The Morgan fingerprint density at radius 1 is 0.195 bits per heavy atom. The molecule has 0 aliphatic carbocycles. The number of benzene rings is 12. The van der Waals surface area contributed by atoms with Gasteiger partial charge >= 0.3 is 0 Å². The number of nitrogens with zero attached hydrogens (tertiary/aromatic N) is 4. The fourth-order valence-electron chi connectivity index (χ4n) is 13.9. The van der Waals surface area contributed by atoms with Crippen LogP contribution in [0.1, 0.15) is 0 Å². The van der Waals surface area contributed by atoms with E-state index in [0.717, 1.165) is 22.7 Å². The first kappa shape index (κ1) is 42.4. The van der Waals surface area contributed by atoms with Crippen molar-refractivity contribution in [2.45, 2.75) is 0 Å². The third-order valence-corrected chi connectivity index (χ3v) is 21.8. The van der Waals surface area contributed by atoms with E-state index in [1.807, 2.05) is 0 Å². The average molecular weight is 995 g/mol. The number of rotatable bonds is 6. The molecular weight excluding hydrogens is 949 g/mol. The van der Waals surface area contributed by atoms with Crippen LogP contribution in [0, 0.1) is 0 Å². The molecule has 0 bridgehead atoms. The Morgan fingerprint density at radius 3 is 0.831 bits per heavy atom. The molecule has 0 amide bonds. The highest BCUT2D eigenvalue weighted by Crippen LogP contribution is 2.43. The van der Waals surface area contributed by atoms with Crippen molar-refractivity contribution in [1.29, 1.82) is 0 Å². The molecule has 358 valence electrons. The molecule has 17 rings (SSSR count). The summed E-state index contributed by atoms with van der Waals surface area (Å²) >= 11 is 0. The third-order valence-electron chi connectivity index (χ3n) is 17.0. The summed E-state index contributed by atoms with van der Waals surface area (Å²) in [6.45, 7) is 0. The number of hydrogen-bond acceptors (Lipinski definition) is 0. The minimum Gasteiger partial charge on any atom is -0.309 e. The molecule has 16 aromatic rings. The first-order valence-corrected chi connectivity index (χ1v) is 28.7. The fourth-order valence-corrected chi connectivity index (χ4v) is 19.0. The van der Waals surface area contributed by atoms with E-state index in [2.05, 4.69) is 297 Å². The molecule has 0 fully saturated rings. The number of para-hydroxylation sites is 6. The maximum atomic E-state index is 2.58. The minimum atomic E-state index is -3.09. The fraction of sp³-hybridized carbons (Fsp3) is 0. The lowest BCUT2D eigenvalue weighted by molar-refractivity contribution is 1.17. The molecule has 0 spiro atoms. The van der Waals surface area contributed by atoms with E-state index < -0.39 is 8.07 Å². The lowest BCUT2D eigenvalue weighted by Gasteiger charge is -2.31. The van der Waals surface area contributed by atoms with Crippen molar-refractivity contribution in [3.05, 3.63) is 279 Å². The average Bonchev–Trinajstić information content (AvgIpc) is 4.36. The Balaban J connectivity index is 0.979. The smallest absolute Gasteiger partial charge is 0.181 e. The molecule has 0 N–H and O–H groups in total. The molecule has 0 unspecified atom stereocenters. The third kappa shape index (κ3) is 5.81. The van der Waals surface area contributed by atoms with Crippen LogP contribution < -0.4 is 20.7 Å².